The van der Waals surface area contributed by atoms with Crippen LogP contribution in [0.15, 0.2) is 46.1 Å². The number of hydrogen-bond donors (Lipinski definition) is 0. The fourth-order valence-corrected chi connectivity index (χ4v) is 3.40. The predicted octanol–water partition coefficient (Wildman–Crippen LogP) is 2.29. The molecule has 0 radical (unpaired) electrons. The second kappa shape index (κ2) is 6.92. The summed E-state index contributed by atoms with van der Waals surface area (Å²) in [6.45, 7) is 8.55. The molecule has 0 amide bonds. The molecule has 0 saturated carbocycles. The van der Waals surface area contributed by atoms with Gasteiger partial charge in [0, 0.05) is 44.0 Å². The first-order chi connectivity index (χ1) is 12.6. The van der Waals surface area contributed by atoms with Crippen LogP contribution in [0.5, 0.6) is 0 Å². The topological polar surface area (TPSA) is 67.4 Å². The molecule has 0 spiro atoms. The number of nitrogens with zero attached hydrogens (tertiary/aromatic N) is 5. The number of hydrogen-bond acceptors (Lipinski definition) is 6. The van der Waals surface area contributed by atoms with Gasteiger partial charge in [-0.05, 0) is 32.0 Å². The zero-order chi connectivity index (χ0) is 18.1. The van der Waals surface area contributed by atoms with Crippen LogP contribution >= 0.6 is 0 Å². The largest absolute Gasteiger partial charge is 0.369 e. The minimum atomic E-state index is 0.0217. The van der Waals surface area contributed by atoms with Crippen molar-refractivity contribution in [3.05, 3.63) is 52.9 Å². The highest BCUT2D eigenvalue weighted by Crippen LogP contribution is 2.21. The highest BCUT2D eigenvalue weighted by Gasteiger charge is 2.19. The number of rotatable bonds is 4. The van der Waals surface area contributed by atoms with E-state index in [0.29, 0.717) is 5.39 Å². The second-order valence-corrected chi connectivity index (χ2v) is 6.99. The van der Waals surface area contributed by atoms with Gasteiger partial charge in [-0.1, -0.05) is 5.16 Å². The lowest BCUT2D eigenvalue weighted by molar-refractivity contribution is 0.220. The van der Waals surface area contributed by atoms with Crippen LogP contribution in [-0.4, -0.2) is 45.8 Å². The van der Waals surface area contributed by atoms with E-state index >= 15 is 0 Å². The lowest BCUT2D eigenvalue weighted by atomic mass is 10.2. The Balaban J connectivity index is 1.49. The number of aromatic nitrogens is 3. The Morgan fingerprint density at radius 1 is 1.15 bits per heavy atom. The van der Waals surface area contributed by atoms with Crippen LogP contribution in [0.3, 0.4) is 0 Å². The molecule has 3 heterocycles. The highest BCUT2D eigenvalue weighted by molar-refractivity contribution is 5.81. The Labute approximate surface area is 151 Å². The van der Waals surface area contributed by atoms with Crippen molar-refractivity contribution in [2.24, 2.45) is 0 Å². The summed E-state index contributed by atoms with van der Waals surface area (Å²) in [6, 6.07) is 7.97. The summed E-state index contributed by atoms with van der Waals surface area (Å²) >= 11 is 0. The van der Waals surface area contributed by atoms with Crippen molar-refractivity contribution in [3.63, 3.8) is 0 Å². The number of fused-ring (bicyclic) bond motifs is 1. The molecular weight excluding hydrogens is 330 g/mol. The average molecular weight is 353 g/mol. The van der Waals surface area contributed by atoms with Crippen LogP contribution in [0.1, 0.15) is 25.6 Å². The van der Waals surface area contributed by atoms with Gasteiger partial charge in [0.05, 0.1) is 30.0 Å². The van der Waals surface area contributed by atoms with Crippen molar-refractivity contribution in [2.45, 2.75) is 26.4 Å². The smallest absolute Gasteiger partial charge is 0.261 e. The first-order valence-corrected chi connectivity index (χ1v) is 8.99. The SMILES string of the molecule is CC(C)n1cnc2cc(N3CCN(Cc4ccno4)CC3)ccc2c1=O. The molecular formula is C19H23N5O2. The van der Waals surface area contributed by atoms with Crippen LogP contribution in [0, 0.1) is 0 Å². The van der Waals surface area contributed by atoms with Gasteiger partial charge in [0.25, 0.3) is 5.56 Å². The van der Waals surface area contributed by atoms with E-state index in [1.54, 1.807) is 17.1 Å². The maximum absolute atomic E-state index is 12.5. The summed E-state index contributed by atoms with van der Waals surface area (Å²) in [5.74, 6) is 0.898. The fourth-order valence-electron chi connectivity index (χ4n) is 3.40. The van der Waals surface area contributed by atoms with Crippen molar-refractivity contribution in [2.75, 3.05) is 31.1 Å². The summed E-state index contributed by atoms with van der Waals surface area (Å²) in [5, 5.41) is 4.43. The van der Waals surface area contributed by atoms with Gasteiger partial charge < -0.3 is 9.42 Å². The quantitative estimate of drug-likeness (QED) is 0.717. The lowest BCUT2D eigenvalue weighted by Gasteiger charge is -2.35. The normalized spacial score (nSPS) is 15.9. The van der Waals surface area contributed by atoms with Gasteiger partial charge in [-0.25, -0.2) is 4.98 Å². The monoisotopic (exact) mass is 353 g/mol. The average Bonchev–Trinajstić information content (AvgIpc) is 3.15. The fraction of sp³-hybridized carbons (Fsp3) is 0.421. The Hall–Kier alpha value is -2.67. The Morgan fingerprint density at radius 2 is 1.96 bits per heavy atom. The van der Waals surface area contributed by atoms with Crippen molar-refractivity contribution in [1.29, 1.82) is 0 Å². The summed E-state index contributed by atoms with van der Waals surface area (Å²) in [4.78, 5) is 21.7. The molecule has 1 aliphatic rings. The van der Waals surface area contributed by atoms with Crippen molar-refractivity contribution < 1.29 is 4.52 Å². The Morgan fingerprint density at radius 3 is 2.65 bits per heavy atom. The van der Waals surface area contributed by atoms with Crippen molar-refractivity contribution >= 4 is 16.6 Å². The van der Waals surface area contributed by atoms with Gasteiger partial charge in [0.1, 0.15) is 0 Å². The summed E-state index contributed by atoms with van der Waals surface area (Å²) < 4.78 is 6.86. The Bertz CT molecular complexity index is 940. The second-order valence-electron chi connectivity index (χ2n) is 6.99. The molecule has 4 rings (SSSR count). The molecule has 3 aromatic rings. The summed E-state index contributed by atoms with van der Waals surface area (Å²) in [7, 11) is 0. The van der Waals surface area contributed by atoms with Crippen LogP contribution in [0.2, 0.25) is 0 Å². The van der Waals surface area contributed by atoms with E-state index in [1.807, 2.05) is 38.1 Å². The zero-order valence-corrected chi connectivity index (χ0v) is 15.1. The Kier molecular flexibility index (Phi) is 4.46. The third-order valence-electron chi connectivity index (χ3n) is 4.93. The van der Waals surface area contributed by atoms with Gasteiger partial charge >= 0.3 is 0 Å². The third-order valence-corrected chi connectivity index (χ3v) is 4.93. The van der Waals surface area contributed by atoms with Gasteiger partial charge in [-0.2, -0.15) is 0 Å². The number of piperazine rings is 1. The minimum absolute atomic E-state index is 0.0217. The van der Waals surface area contributed by atoms with Crippen molar-refractivity contribution in [3.8, 4) is 0 Å². The molecule has 136 valence electrons. The molecule has 0 N–H and O–H groups in total. The standard InChI is InChI=1S/C19H23N5O2/c1-14(2)24-13-20-18-11-15(3-4-17(18)19(24)25)23-9-7-22(8-10-23)12-16-5-6-21-26-16/h3-6,11,13-14H,7-10,12H2,1-2H3. The van der Waals surface area contributed by atoms with E-state index in [-0.39, 0.29) is 11.6 Å². The highest BCUT2D eigenvalue weighted by atomic mass is 16.5. The van der Waals surface area contributed by atoms with Crippen LogP contribution < -0.4 is 10.5 Å². The molecule has 1 saturated heterocycles. The molecule has 0 bridgehead atoms. The molecule has 0 unspecified atom stereocenters. The van der Waals surface area contributed by atoms with E-state index in [0.717, 1.165) is 49.7 Å². The summed E-state index contributed by atoms with van der Waals surface area (Å²) in [5.41, 5.74) is 1.90. The van der Waals surface area contributed by atoms with E-state index in [9.17, 15) is 4.79 Å². The minimum Gasteiger partial charge on any atom is -0.369 e. The molecule has 1 aliphatic heterocycles. The molecule has 1 fully saturated rings. The molecule has 0 atom stereocenters. The molecule has 26 heavy (non-hydrogen) atoms. The van der Waals surface area contributed by atoms with Gasteiger partial charge in [0.15, 0.2) is 5.76 Å². The molecule has 7 nitrogen and oxygen atoms in total. The number of benzene rings is 1. The maximum atomic E-state index is 12.5. The van der Waals surface area contributed by atoms with E-state index < -0.39 is 0 Å². The number of anilines is 1. The third kappa shape index (κ3) is 3.22. The molecule has 7 heteroatoms. The van der Waals surface area contributed by atoms with Crippen molar-refractivity contribution in [1.82, 2.24) is 19.6 Å². The van der Waals surface area contributed by atoms with Crippen LogP contribution in [0.4, 0.5) is 5.69 Å². The van der Waals surface area contributed by atoms with Crippen LogP contribution in [-0.2, 0) is 6.54 Å². The lowest BCUT2D eigenvalue weighted by Crippen LogP contribution is -2.45. The molecule has 1 aromatic carbocycles. The summed E-state index contributed by atoms with van der Waals surface area (Å²) in [6.07, 6.45) is 3.33. The van der Waals surface area contributed by atoms with Crippen LogP contribution in [0.25, 0.3) is 10.9 Å². The molecule has 2 aromatic heterocycles. The maximum Gasteiger partial charge on any atom is 0.261 e. The van der Waals surface area contributed by atoms with E-state index in [1.165, 1.54) is 0 Å². The van der Waals surface area contributed by atoms with E-state index in [4.69, 9.17) is 4.52 Å². The van der Waals surface area contributed by atoms with Gasteiger partial charge in [-0.3, -0.25) is 14.3 Å². The first kappa shape index (κ1) is 16.8. The van der Waals surface area contributed by atoms with Gasteiger partial charge in [-0.15, -0.1) is 0 Å². The molecule has 0 aliphatic carbocycles. The predicted molar refractivity (Wildman–Crippen MR) is 100 cm³/mol. The van der Waals surface area contributed by atoms with Gasteiger partial charge in [0.2, 0.25) is 0 Å². The zero-order valence-electron chi connectivity index (χ0n) is 15.1. The van der Waals surface area contributed by atoms with E-state index in [2.05, 4.69) is 19.9 Å². The first-order valence-electron chi connectivity index (χ1n) is 8.99.